The molecule has 1 aliphatic rings. The Labute approximate surface area is 201 Å². The van der Waals surface area contributed by atoms with Gasteiger partial charge in [0.2, 0.25) is 0 Å². The summed E-state index contributed by atoms with van der Waals surface area (Å²) in [5.74, 6) is 0.661. The zero-order valence-corrected chi connectivity index (χ0v) is 20.7. The van der Waals surface area contributed by atoms with Crippen molar-refractivity contribution in [2.24, 2.45) is 0 Å². The molecular formula is C26H31N3O4S. The van der Waals surface area contributed by atoms with E-state index in [-0.39, 0.29) is 16.8 Å². The van der Waals surface area contributed by atoms with Crippen molar-refractivity contribution in [3.05, 3.63) is 83.8 Å². The predicted molar refractivity (Wildman–Crippen MR) is 132 cm³/mol. The van der Waals surface area contributed by atoms with Gasteiger partial charge in [0.1, 0.15) is 5.76 Å². The molecule has 1 saturated heterocycles. The first-order valence-electron chi connectivity index (χ1n) is 11.4. The van der Waals surface area contributed by atoms with Crippen LogP contribution in [0.1, 0.15) is 34.5 Å². The van der Waals surface area contributed by atoms with Crippen molar-refractivity contribution in [1.29, 1.82) is 0 Å². The maximum absolute atomic E-state index is 13.5. The second-order valence-corrected chi connectivity index (χ2v) is 10.8. The van der Waals surface area contributed by atoms with Crippen molar-refractivity contribution in [2.75, 3.05) is 31.5 Å². The van der Waals surface area contributed by atoms with Crippen molar-refractivity contribution in [3.63, 3.8) is 0 Å². The molecule has 3 aromatic rings. The lowest BCUT2D eigenvalue weighted by Gasteiger charge is -2.37. The third kappa shape index (κ3) is 5.18. The molecule has 0 atom stereocenters. The van der Waals surface area contributed by atoms with Crippen molar-refractivity contribution in [2.45, 2.75) is 37.2 Å². The average molecular weight is 482 g/mol. The highest BCUT2D eigenvalue weighted by molar-refractivity contribution is 7.92. The number of aryl methyl sites for hydroxylation is 1. The van der Waals surface area contributed by atoms with Crippen LogP contribution in [0.4, 0.5) is 5.69 Å². The second-order valence-electron chi connectivity index (χ2n) is 8.88. The van der Waals surface area contributed by atoms with Gasteiger partial charge in [-0.05, 0) is 88.4 Å². The Morgan fingerprint density at radius 1 is 1.03 bits per heavy atom. The number of amides is 1. The molecule has 1 fully saturated rings. The lowest BCUT2D eigenvalue weighted by atomic mass is 10.0. The lowest BCUT2D eigenvalue weighted by molar-refractivity contribution is 0.0550. The van der Waals surface area contributed by atoms with Crippen LogP contribution in [0.3, 0.4) is 0 Å². The van der Waals surface area contributed by atoms with Gasteiger partial charge in [0, 0.05) is 18.7 Å². The van der Waals surface area contributed by atoms with E-state index in [1.54, 1.807) is 54.8 Å². The molecule has 1 aromatic heterocycles. The molecule has 0 radical (unpaired) electrons. The van der Waals surface area contributed by atoms with Gasteiger partial charge in [0.05, 0.1) is 23.4 Å². The highest BCUT2D eigenvalue weighted by Gasteiger charge is 2.29. The molecule has 1 aliphatic heterocycles. The van der Waals surface area contributed by atoms with Gasteiger partial charge in [-0.15, -0.1) is 0 Å². The summed E-state index contributed by atoms with van der Waals surface area (Å²) in [4.78, 5) is 17.9. The molecule has 4 rings (SSSR count). The summed E-state index contributed by atoms with van der Waals surface area (Å²) >= 11 is 0. The van der Waals surface area contributed by atoms with E-state index < -0.39 is 10.0 Å². The smallest absolute Gasteiger partial charge is 0.264 e. The van der Waals surface area contributed by atoms with Gasteiger partial charge < -0.3 is 14.2 Å². The van der Waals surface area contributed by atoms with E-state index in [0.717, 1.165) is 37.3 Å². The number of hydrogen-bond acceptors (Lipinski definition) is 5. The number of furan rings is 1. The van der Waals surface area contributed by atoms with Gasteiger partial charge in [-0.3, -0.25) is 9.10 Å². The summed E-state index contributed by atoms with van der Waals surface area (Å²) in [6, 6.07) is 17.3. The first-order chi connectivity index (χ1) is 16.3. The first kappa shape index (κ1) is 24.0. The molecule has 7 nitrogen and oxygen atoms in total. The molecule has 0 spiro atoms. The van der Waals surface area contributed by atoms with Crippen LogP contribution in [0.2, 0.25) is 0 Å². The molecule has 0 bridgehead atoms. The maximum atomic E-state index is 13.5. The number of carbonyl (C=O) groups is 1. The lowest BCUT2D eigenvalue weighted by Crippen LogP contribution is -2.46. The topological polar surface area (TPSA) is 74.1 Å². The number of hydrogen-bond donors (Lipinski definition) is 0. The van der Waals surface area contributed by atoms with Crippen LogP contribution in [0.15, 0.2) is 76.2 Å². The van der Waals surface area contributed by atoms with Crippen molar-refractivity contribution in [1.82, 2.24) is 9.80 Å². The van der Waals surface area contributed by atoms with Crippen LogP contribution in [-0.2, 0) is 16.6 Å². The molecule has 0 N–H and O–H groups in total. The normalized spacial score (nSPS) is 15.3. The summed E-state index contributed by atoms with van der Waals surface area (Å²) in [6.45, 7) is 4.20. The summed E-state index contributed by atoms with van der Waals surface area (Å²) in [7, 11) is -0.0803. The van der Waals surface area contributed by atoms with Gasteiger partial charge in [-0.1, -0.05) is 17.7 Å². The Bertz CT molecular complexity index is 1200. The fourth-order valence-electron chi connectivity index (χ4n) is 4.23. The number of sulfonamides is 1. The maximum Gasteiger partial charge on any atom is 0.264 e. The zero-order chi connectivity index (χ0) is 24.3. The predicted octanol–water partition coefficient (Wildman–Crippen LogP) is 4.15. The Morgan fingerprint density at radius 2 is 1.68 bits per heavy atom. The van der Waals surface area contributed by atoms with Gasteiger partial charge in [-0.25, -0.2) is 8.42 Å². The van der Waals surface area contributed by atoms with Crippen molar-refractivity contribution >= 4 is 21.6 Å². The summed E-state index contributed by atoms with van der Waals surface area (Å²) in [5, 5.41) is 0. The van der Waals surface area contributed by atoms with E-state index in [0.29, 0.717) is 17.8 Å². The summed E-state index contributed by atoms with van der Waals surface area (Å²) < 4.78 is 32.8. The van der Waals surface area contributed by atoms with Gasteiger partial charge >= 0.3 is 0 Å². The quantitative estimate of drug-likeness (QED) is 0.507. The van der Waals surface area contributed by atoms with E-state index in [2.05, 4.69) is 11.9 Å². The van der Waals surface area contributed by atoms with Gasteiger partial charge in [0.25, 0.3) is 15.9 Å². The van der Waals surface area contributed by atoms with Crippen molar-refractivity contribution in [3.8, 4) is 0 Å². The molecular weight excluding hydrogens is 450 g/mol. The molecule has 2 heterocycles. The Morgan fingerprint density at radius 3 is 2.26 bits per heavy atom. The fourth-order valence-corrected chi connectivity index (χ4v) is 5.43. The van der Waals surface area contributed by atoms with Crippen LogP contribution < -0.4 is 4.31 Å². The minimum atomic E-state index is -3.69. The van der Waals surface area contributed by atoms with Gasteiger partial charge in [0.15, 0.2) is 0 Å². The van der Waals surface area contributed by atoms with E-state index in [1.807, 2.05) is 24.0 Å². The third-order valence-corrected chi connectivity index (χ3v) is 8.25. The van der Waals surface area contributed by atoms with Crippen molar-refractivity contribution < 1.29 is 17.6 Å². The van der Waals surface area contributed by atoms with Crippen LogP contribution in [0.25, 0.3) is 0 Å². The first-order valence-corrected chi connectivity index (χ1v) is 12.9. The van der Waals surface area contributed by atoms with E-state index in [4.69, 9.17) is 4.42 Å². The minimum absolute atomic E-state index is 0.0819. The molecule has 8 heteroatoms. The Kier molecular flexibility index (Phi) is 7.09. The molecule has 2 aromatic carbocycles. The number of carbonyl (C=O) groups excluding carboxylic acids is 1. The minimum Gasteiger partial charge on any atom is -0.467 e. The summed E-state index contributed by atoms with van der Waals surface area (Å²) in [6.07, 6.45) is 3.42. The Balaban J connectivity index is 1.54. The number of likely N-dealkylation sites (tertiary alicyclic amines) is 1. The SMILES string of the molecule is Cc1ccc(S(=O)(=O)N(C)c2ccc(C(=O)N(Cc3ccco3)C3CCN(C)CC3)cc2)cc1. The monoisotopic (exact) mass is 481 g/mol. The Hall–Kier alpha value is -3.10. The van der Waals surface area contributed by atoms with Crippen LogP contribution in [0.5, 0.6) is 0 Å². The number of piperidine rings is 1. The van der Waals surface area contributed by atoms with Crippen LogP contribution in [-0.4, -0.2) is 57.4 Å². The highest BCUT2D eigenvalue weighted by atomic mass is 32.2. The molecule has 0 unspecified atom stereocenters. The molecule has 1 amide bonds. The van der Waals surface area contributed by atoms with E-state index in [9.17, 15) is 13.2 Å². The third-order valence-electron chi connectivity index (χ3n) is 6.45. The van der Waals surface area contributed by atoms with E-state index in [1.165, 1.54) is 11.4 Å². The summed E-state index contributed by atoms with van der Waals surface area (Å²) in [5.41, 5.74) is 2.01. The average Bonchev–Trinajstić information content (AvgIpc) is 3.36. The highest BCUT2D eigenvalue weighted by Crippen LogP contribution is 2.25. The van der Waals surface area contributed by atoms with Crippen LogP contribution >= 0.6 is 0 Å². The standard InChI is InChI=1S/C26H31N3O4S/c1-20-6-12-25(13-7-20)34(31,32)28(3)22-10-8-21(9-11-22)26(30)29(19-24-5-4-18-33-24)23-14-16-27(2)17-15-23/h4-13,18,23H,14-17,19H2,1-3H3. The fraction of sp³-hybridized carbons (Fsp3) is 0.346. The molecule has 0 saturated carbocycles. The number of anilines is 1. The number of rotatable bonds is 7. The van der Waals surface area contributed by atoms with Gasteiger partial charge in [-0.2, -0.15) is 0 Å². The molecule has 34 heavy (non-hydrogen) atoms. The second kappa shape index (κ2) is 10.0. The molecule has 0 aliphatic carbocycles. The van der Waals surface area contributed by atoms with E-state index >= 15 is 0 Å². The zero-order valence-electron chi connectivity index (χ0n) is 19.8. The number of benzene rings is 2. The van der Waals surface area contributed by atoms with Crippen LogP contribution in [0, 0.1) is 6.92 Å². The largest absolute Gasteiger partial charge is 0.467 e. The molecule has 180 valence electrons. The number of nitrogens with zero attached hydrogens (tertiary/aromatic N) is 3.